The minimum atomic E-state index is -1.16. The predicted molar refractivity (Wildman–Crippen MR) is 69.6 cm³/mol. The Morgan fingerprint density at radius 2 is 1.95 bits per heavy atom. The maximum atomic E-state index is 13.9. The van der Waals surface area contributed by atoms with E-state index in [1.54, 1.807) is 6.92 Å². The molecule has 2 rings (SSSR count). The smallest absolute Gasteiger partial charge is 0.168 e. The Hall–Kier alpha value is -1.49. The highest BCUT2D eigenvalue weighted by Gasteiger charge is 2.22. The first-order valence-corrected chi connectivity index (χ1v) is 6.36. The first-order chi connectivity index (χ1) is 8.97. The molecule has 0 fully saturated rings. The summed E-state index contributed by atoms with van der Waals surface area (Å²) in [5, 5.41) is 3.21. The van der Waals surface area contributed by atoms with E-state index in [-0.39, 0.29) is 16.9 Å². The predicted octanol–water partition coefficient (Wildman–Crippen LogP) is 3.95. The molecule has 2 nitrogen and oxygen atoms in total. The van der Waals surface area contributed by atoms with Crippen molar-refractivity contribution in [3.8, 4) is 0 Å². The fraction of sp³-hybridized carbons (Fsp3) is 0.429. The summed E-state index contributed by atoms with van der Waals surface area (Å²) in [5.74, 6) is -2.93. The Kier molecular flexibility index (Phi) is 3.85. The van der Waals surface area contributed by atoms with Crippen LogP contribution in [0.3, 0.4) is 0 Å². The van der Waals surface area contributed by atoms with Crippen LogP contribution in [0.5, 0.6) is 0 Å². The Bertz CT molecular complexity index is 604. The van der Waals surface area contributed by atoms with E-state index >= 15 is 0 Å². The minimum Gasteiger partial charge on any atom is -0.356 e. The third kappa shape index (κ3) is 2.34. The molecule has 0 saturated carbocycles. The number of hydrogen-bond donors (Lipinski definition) is 2. The lowest BCUT2D eigenvalue weighted by atomic mass is 10.0. The van der Waals surface area contributed by atoms with Gasteiger partial charge in [0.25, 0.3) is 0 Å². The van der Waals surface area contributed by atoms with Gasteiger partial charge in [0.2, 0.25) is 0 Å². The molecule has 104 valence electrons. The summed E-state index contributed by atoms with van der Waals surface area (Å²) in [6.07, 6.45) is 0.928. The molecule has 1 atom stereocenters. The fourth-order valence-corrected chi connectivity index (χ4v) is 2.42. The van der Waals surface area contributed by atoms with Gasteiger partial charge in [-0.1, -0.05) is 6.92 Å². The van der Waals surface area contributed by atoms with Gasteiger partial charge in [0.1, 0.15) is 5.82 Å². The molecule has 0 saturated heterocycles. The Morgan fingerprint density at radius 3 is 2.58 bits per heavy atom. The molecular weight excluding hydrogens is 253 g/mol. The normalized spacial score (nSPS) is 13.2. The molecule has 19 heavy (non-hydrogen) atoms. The van der Waals surface area contributed by atoms with Gasteiger partial charge in [-0.05, 0) is 26.8 Å². The molecule has 1 aromatic carbocycles. The standard InChI is InChI=1S/C14H17F3N2/c1-4-5-18-7(2)11-8(3)19-14-10(16)6-9(15)13(17)12(11)14/h6-7,18-19H,4-5H2,1-3H3. The lowest BCUT2D eigenvalue weighted by Crippen LogP contribution is -2.20. The second-order valence-corrected chi connectivity index (χ2v) is 4.74. The van der Waals surface area contributed by atoms with Gasteiger partial charge in [0.15, 0.2) is 11.6 Å². The van der Waals surface area contributed by atoms with E-state index in [4.69, 9.17) is 0 Å². The van der Waals surface area contributed by atoms with Crippen molar-refractivity contribution in [1.82, 2.24) is 10.3 Å². The van der Waals surface area contributed by atoms with Gasteiger partial charge < -0.3 is 10.3 Å². The van der Waals surface area contributed by atoms with E-state index in [0.717, 1.165) is 13.0 Å². The molecule has 1 unspecified atom stereocenters. The van der Waals surface area contributed by atoms with Crippen LogP contribution in [0.2, 0.25) is 0 Å². The minimum absolute atomic E-state index is 0.00565. The second kappa shape index (κ2) is 5.25. The van der Waals surface area contributed by atoms with Crippen LogP contribution in [0, 0.1) is 24.4 Å². The summed E-state index contributed by atoms with van der Waals surface area (Å²) in [5.41, 5.74) is 1.26. The number of H-pyrrole nitrogens is 1. The van der Waals surface area contributed by atoms with Crippen molar-refractivity contribution >= 4 is 10.9 Å². The van der Waals surface area contributed by atoms with Crippen molar-refractivity contribution in [3.05, 3.63) is 34.8 Å². The number of fused-ring (bicyclic) bond motifs is 1. The molecule has 0 aliphatic carbocycles. The summed E-state index contributed by atoms with van der Waals surface area (Å²) < 4.78 is 41.0. The van der Waals surface area contributed by atoms with Gasteiger partial charge >= 0.3 is 0 Å². The molecule has 0 aliphatic heterocycles. The van der Waals surface area contributed by atoms with Crippen LogP contribution in [0.15, 0.2) is 6.07 Å². The van der Waals surface area contributed by atoms with Crippen LogP contribution in [0.25, 0.3) is 10.9 Å². The van der Waals surface area contributed by atoms with Crippen LogP contribution in [-0.2, 0) is 0 Å². The zero-order chi connectivity index (χ0) is 14.2. The molecule has 1 aromatic heterocycles. The molecule has 2 aromatic rings. The number of nitrogens with one attached hydrogen (secondary N) is 2. The number of hydrogen-bond acceptors (Lipinski definition) is 1. The lowest BCUT2D eigenvalue weighted by molar-refractivity contribution is 0.503. The molecule has 2 N–H and O–H groups in total. The Balaban J connectivity index is 2.63. The largest absolute Gasteiger partial charge is 0.356 e. The van der Waals surface area contributed by atoms with E-state index in [9.17, 15) is 13.2 Å². The summed E-state index contributed by atoms with van der Waals surface area (Å²) in [6, 6.07) is 0.394. The second-order valence-electron chi connectivity index (χ2n) is 4.74. The SMILES string of the molecule is CCCNC(C)c1c(C)[nH]c2c(F)cc(F)c(F)c12. The van der Waals surface area contributed by atoms with Gasteiger partial charge in [-0.3, -0.25) is 0 Å². The van der Waals surface area contributed by atoms with Crippen molar-refractivity contribution < 1.29 is 13.2 Å². The number of rotatable bonds is 4. The average Bonchev–Trinajstić information content (AvgIpc) is 2.71. The van der Waals surface area contributed by atoms with Crippen LogP contribution in [0.1, 0.15) is 37.6 Å². The summed E-state index contributed by atoms with van der Waals surface area (Å²) in [4.78, 5) is 2.80. The first kappa shape index (κ1) is 13.9. The molecule has 0 spiro atoms. The Labute approximate surface area is 110 Å². The maximum Gasteiger partial charge on any atom is 0.168 e. The summed E-state index contributed by atoms with van der Waals surface area (Å²) in [6.45, 7) is 6.36. The summed E-state index contributed by atoms with van der Waals surface area (Å²) in [7, 11) is 0. The van der Waals surface area contributed by atoms with Crippen molar-refractivity contribution in [2.75, 3.05) is 6.54 Å². The van der Waals surface area contributed by atoms with Crippen LogP contribution in [-0.4, -0.2) is 11.5 Å². The molecule has 1 heterocycles. The van der Waals surface area contributed by atoms with Gasteiger partial charge in [0.05, 0.1) is 5.52 Å². The number of aryl methyl sites for hydroxylation is 1. The molecule has 0 bridgehead atoms. The highest BCUT2D eigenvalue weighted by molar-refractivity contribution is 5.86. The highest BCUT2D eigenvalue weighted by Crippen LogP contribution is 2.32. The molecule has 0 aliphatic rings. The molecule has 0 amide bonds. The zero-order valence-electron chi connectivity index (χ0n) is 11.2. The molecule has 5 heteroatoms. The third-order valence-electron chi connectivity index (χ3n) is 3.29. The van der Waals surface area contributed by atoms with E-state index in [1.807, 2.05) is 13.8 Å². The van der Waals surface area contributed by atoms with Crippen molar-refractivity contribution in [2.24, 2.45) is 0 Å². The van der Waals surface area contributed by atoms with Crippen LogP contribution < -0.4 is 5.32 Å². The topological polar surface area (TPSA) is 27.8 Å². The van der Waals surface area contributed by atoms with E-state index in [1.165, 1.54) is 0 Å². The first-order valence-electron chi connectivity index (χ1n) is 6.36. The van der Waals surface area contributed by atoms with Crippen molar-refractivity contribution in [2.45, 2.75) is 33.2 Å². The van der Waals surface area contributed by atoms with E-state index < -0.39 is 17.5 Å². The number of aromatic amines is 1. The summed E-state index contributed by atoms with van der Waals surface area (Å²) >= 11 is 0. The average molecular weight is 270 g/mol. The van der Waals surface area contributed by atoms with Crippen LogP contribution >= 0.6 is 0 Å². The van der Waals surface area contributed by atoms with Gasteiger partial charge in [-0.15, -0.1) is 0 Å². The third-order valence-corrected chi connectivity index (χ3v) is 3.29. The zero-order valence-corrected chi connectivity index (χ0v) is 11.2. The lowest BCUT2D eigenvalue weighted by Gasteiger charge is -2.14. The van der Waals surface area contributed by atoms with E-state index in [0.29, 0.717) is 17.3 Å². The number of halogens is 3. The fourth-order valence-electron chi connectivity index (χ4n) is 2.42. The number of benzene rings is 1. The monoisotopic (exact) mass is 270 g/mol. The van der Waals surface area contributed by atoms with Gasteiger partial charge in [-0.25, -0.2) is 13.2 Å². The quantitative estimate of drug-likeness (QED) is 0.809. The van der Waals surface area contributed by atoms with Crippen molar-refractivity contribution in [1.29, 1.82) is 0 Å². The molecular formula is C14H17F3N2. The molecule has 0 radical (unpaired) electrons. The van der Waals surface area contributed by atoms with Gasteiger partial charge in [0, 0.05) is 28.8 Å². The maximum absolute atomic E-state index is 13.9. The van der Waals surface area contributed by atoms with Crippen molar-refractivity contribution in [3.63, 3.8) is 0 Å². The van der Waals surface area contributed by atoms with Gasteiger partial charge in [-0.2, -0.15) is 0 Å². The number of aromatic nitrogens is 1. The Morgan fingerprint density at radius 1 is 1.26 bits per heavy atom. The van der Waals surface area contributed by atoms with E-state index in [2.05, 4.69) is 10.3 Å². The van der Waals surface area contributed by atoms with Crippen LogP contribution in [0.4, 0.5) is 13.2 Å². The highest BCUT2D eigenvalue weighted by atomic mass is 19.2.